The number of alkyl halides is 3. The van der Waals surface area contributed by atoms with Gasteiger partial charge in [0.25, 0.3) is 0 Å². The smallest absolute Gasteiger partial charge is 0.371 e. The summed E-state index contributed by atoms with van der Waals surface area (Å²) in [7, 11) is 0.478. The Kier molecular flexibility index (Phi) is 3.23. The molecular weight excluding hydrogens is 218 g/mol. The maximum Gasteiger partial charge on any atom is 0.394 e. The topological polar surface area (TPSA) is 35.2 Å². The van der Waals surface area contributed by atoms with E-state index >= 15 is 0 Å². The van der Waals surface area contributed by atoms with Gasteiger partial charge in [0.2, 0.25) is 0 Å². The highest BCUT2D eigenvalue weighted by Gasteiger charge is 2.66. The Morgan fingerprint density at radius 3 is 2.06 bits per heavy atom. The number of hydrogen-bond acceptors (Lipinski definition) is 2. The molecule has 0 aliphatic heterocycles. The fraction of sp³-hybridized carbons (Fsp3) is 1.00. The van der Waals surface area contributed by atoms with Crippen LogP contribution < -0.4 is 5.90 Å². The highest BCUT2D eigenvalue weighted by atomic mass is 19.4. The number of nitrogens with two attached hydrogens (primary N) is 1. The van der Waals surface area contributed by atoms with Crippen LogP contribution in [0.4, 0.5) is 13.2 Å². The van der Waals surface area contributed by atoms with Gasteiger partial charge in [-0.25, -0.2) is 5.90 Å². The van der Waals surface area contributed by atoms with Crippen molar-refractivity contribution in [1.29, 1.82) is 0 Å². The van der Waals surface area contributed by atoms with Gasteiger partial charge in [-0.3, -0.25) is 0 Å². The molecule has 0 radical (unpaired) electrons. The first kappa shape index (κ1) is 12.2. The lowest BCUT2D eigenvalue weighted by molar-refractivity contribution is -0.205. The average molecular weight is 235 g/mol. The summed E-state index contributed by atoms with van der Waals surface area (Å²) in [5.74, 6) is 5.17. The van der Waals surface area contributed by atoms with E-state index in [9.17, 15) is 13.2 Å². The maximum absolute atomic E-state index is 12.9. The number of hydrogen-bond donors (Lipinski definition) is 1. The molecule has 2 aliphatic carbocycles. The lowest BCUT2D eigenvalue weighted by atomic mass is 9.65. The van der Waals surface area contributed by atoms with Crippen LogP contribution in [-0.2, 0) is 4.76 Å². The Hall–Kier alpha value is -0.225. The molecule has 0 spiro atoms. The van der Waals surface area contributed by atoms with Crippen molar-refractivity contribution in [3.8, 4) is 0 Å². The van der Waals surface area contributed by atoms with Crippen LogP contribution in [-0.4, -0.2) is 13.7 Å². The van der Waals surface area contributed by atoms with Gasteiger partial charge < -0.3 is 4.76 Å². The van der Waals surface area contributed by atoms with E-state index < -0.39 is 11.6 Å². The van der Waals surface area contributed by atoms with Crippen molar-refractivity contribution in [2.24, 2.45) is 17.2 Å². The van der Waals surface area contributed by atoms with Gasteiger partial charge in [0.1, 0.15) is 0 Å². The maximum atomic E-state index is 12.9. The SMILES string of the molecule is NOBC1CCC(C2(C(F)(F)F)CC2)CC1. The molecule has 0 unspecified atom stereocenters. The minimum Gasteiger partial charge on any atom is -0.371 e. The van der Waals surface area contributed by atoms with E-state index in [-0.39, 0.29) is 5.92 Å². The van der Waals surface area contributed by atoms with Crippen molar-refractivity contribution >= 4 is 7.48 Å². The second-order valence-electron chi connectivity index (χ2n) is 5.20. The molecule has 6 heteroatoms. The molecule has 0 amide bonds. The van der Waals surface area contributed by atoms with E-state index in [1.54, 1.807) is 0 Å². The lowest BCUT2D eigenvalue weighted by Crippen LogP contribution is -2.34. The third-order valence-electron chi connectivity index (χ3n) is 4.31. The summed E-state index contributed by atoms with van der Waals surface area (Å²) in [4.78, 5) is 0. The van der Waals surface area contributed by atoms with Crippen molar-refractivity contribution < 1.29 is 17.9 Å². The van der Waals surface area contributed by atoms with Crippen LogP contribution in [0.15, 0.2) is 0 Å². The van der Waals surface area contributed by atoms with Gasteiger partial charge in [-0.1, -0.05) is 12.8 Å². The van der Waals surface area contributed by atoms with E-state index in [0.717, 1.165) is 12.8 Å². The Bertz CT molecular complexity index is 247. The first-order valence-corrected chi connectivity index (χ1v) is 5.88. The summed E-state index contributed by atoms with van der Waals surface area (Å²) in [6.45, 7) is 0. The first-order valence-electron chi connectivity index (χ1n) is 5.88. The highest BCUT2D eigenvalue weighted by Crippen LogP contribution is 2.65. The molecule has 2 nitrogen and oxygen atoms in total. The first-order chi connectivity index (χ1) is 7.49. The monoisotopic (exact) mass is 235 g/mol. The fourth-order valence-electron chi connectivity index (χ4n) is 3.08. The molecule has 92 valence electrons. The molecule has 0 aromatic rings. The van der Waals surface area contributed by atoms with Crippen LogP contribution in [0.1, 0.15) is 38.5 Å². The van der Waals surface area contributed by atoms with Gasteiger partial charge in [-0.05, 0) is 37.4 Å². The van der Waals surface area contributed by atoms with Gasteiger partial charge in [0, 0.05) is 0 Å². The van der Waals surface area contributed by atoms with Crippen LogP contribution in [0.25, 0.3) is 0 Å². The third kappa shape index (κ3) is 2.09. The normalized spacial score (nSPS) is 33.5. The minimum absolute atomic E-state index is 0.165. The molecule has 0 saturated heterocycles. The van der Waals surface area contributed by atoms with Crippen LogP contribution in [0.2, 0.25) is 5.82 Å². The standard InChI is InChI=1S/C10H17BF3NO/c12-10(13,14)9(5-6-9)7-1-3-8(4-2-7)11-16-15/h7-8,11H,1-6,15H2. The van der Waals surface area contributed by atoms with Gasteiger partial charge in [-0.2, -0.15) is 13.2 Å². The zero-order valence-electron chi connectivity index (χ0n) is 9.22. The van der Waals surface area contributed by atoms with Crippen LogP contribution >= 0.6 is 0 Å². The largest absolute Gasteiger partial charge is 0.394 e. The Morgan fingerprint density at radius 2 is 1.69 bits per heavy atom. The lowest BCUT2D eigenvalue weighted by Gasteiger charge is -2.34. The average Bonchev–Trinajstić information content (AvgIpc) is 2.99. The van der Waals surface area contributed by atoms with Crippen molar-refractivity contribution in [3.63, 3.8) is 0 Å². The summed E-state index contributed by atoms with van der Waals surface area (Å²) in [5.41, 5.74) is -1.33. The van der Waals surface area contributed by atoms with Crippen LogP contribution in [0.3, 0.4) is 0 Å². The quantitative estimate of drug-likeness (QED) is 0.602. The van der Waals surface area contributed by atoms with E-state index in [1.165, 1.54) is 0 Å². The molecule has 0 bridgehead atoms. The van der Waals surface area contributed by atoms with Crippen molar-refractivity contribution in [3.05, 3.63) is 0 Å². The molecule has 0 heterocycles. The number of rotatable bonds is 3. The number of halogens is 3. The molecule has 0 aromatic heterocycles. The molecule has 2 N–H and O–H groups in total. The predicted molar refractivity (Wildman–Crippen MR) is 55.9 cm³/mol. The second kappa shape index (κ2) is 4.22. The van der Waals surface area contributed by atoms with Gasteiger partial charge >= 0.3 is 13.7 Å². The summed E-state index contributed by atoms with van der Waals surface area (Å²) in [6, 6.07) is 0. The van der Waals surface area contributed by atoms with Crippen LogP contribution in [0.5, 0.6) is 0 Å². The molecule has 2 saturated carbocycles. The zero-order valence-corrected chi connectivity index (χ0v) is 9.22. The van der Waals surface area contributed by atoms with E-state index in [4.69, 9.17) is 5.90 Å². The molecule has 2 rings (SSSR count). The fourth-order valence-corrected chi connectivity index (χ4v) is 3.08. The molecule has 0 atom stereocenters. The van der Waals surface area contributed by atoms with Crippen molar-refractivity contribution in [2.75, 3.05) is 0 Å². The Labute approximate surface area is 93.9 Å². The molecule has 16 heavy (non-hydrogen) atoms. The van der Waals surface area contributed by atoms with Crippen LogP contribution in [0, 0.1) is 11.3 Å². The Balaban J connectivity index is 1.90. The summed E-state index contributed by atoms with van der Waals surface area (Å²) < 4.78 is 43.2. The molecule has 0 aromatic carbocycles. The third-order valence-corrected chi connectivity index (χ3v) is 4.31. The van der Waals surface area contributed by atoms with Crippen molar-refractivity contribution in [2.45, 2.75) is 50.5 Å². The Morgan fingerprint density at radius 1 is 1.12 bits per heavy atom. The van der Waals surface area contributed by atoms with E-state index in [1.807, 2.05) is 0 Å². The summed E-state index contributed by atoms with van der Waals surface area (Å²) in [6.07, 6.45) is -0.353. The zero-order chi connectivity index (χ0) is 11.8. The van der Waals surface area contributed by atoms with Gasteiger partial charge in [0.15, 0.2) is 0 Å². The summed E-state index contributed by atoms with van der Waals surface area (Å²) >= 11 is 0. The highest BCUT2D eigenvalue weighted by molar-refractivity contribution is 6.29. The van der Waals surface area contributed by atoms with Crippen molar-refractivity contribution in [1.82, 2.24) is 0 Å². The predicted octanol–water partition coefficient (Wildman–Crippen LogP) is 2.55. The summed E-state index contributed by atoms with van der Waals surface area (Å²) in [5, 5.41) is 0. The minimum atomic E-state index is -4.01. The van der Waals surface area contributed by atoms with Gasteiger partial charge in [-0.15, -0.1) is 0 Å². The van der Waals surface area contributed by atoms with Gasteiger partial charge in [0.05, 0.1) is 5.41 Å². The molecular formula is C10H17BF3NO. The second-order valence-corrected chi connectivity index (χ2v) is 5.20. The van der Waals surface area contributed by atoms with E-state index in [0.29, 0.717) is 39.0 Å². The molecule has 2 aliphatic rings. The van der Waals surface area contributed by atoms with E-state index in [2.05, 4.69) is 4.76 Å². The molecule has 2 fully saturated rings.